The minimum atomic E-state index is 0.00427. The Balaban J connectivity index is 1.70. The Kier molecular flexibility index (Phi) is 5.14. The summed E-state index contributed by atoms with van der Waals surface area (Å²) in [6.07, 6.45) is 7.31. The first-order valence-electron chi connectivity index (χ1n) is 8.71. The molecule has 1 aromatic heterocycles. The van der Waals surface area contributed by atoms with Gasteiger partial charge in [-0.15, -0.1) is 0 Å². The molecule has 0 aromatic carbocycles. The van der Waals surface area contributed by atoms with E-state index in [1.807, 2.05) is 9.80 Å². The lowest BCUT2D eigenvalue weighted by Crippen LogP contribution is -2.55. The van der Waals surface area contributed by atoms with E-state index < -0.39 is 0 Å². The van der Waals surface area contributed by atoms with Crippen LogP contribution in [0.5, 0.6) is 0 Å². The molecule has 2 aliphatic heterocycles. The Hall–Kier alpha value is -1.95. The quantitative estimate of drug-likeness (QED) is 0.903. The third-order valence-electron chi connectivity index (χ3n) is 5.21. The van der Waals surface area contributed by atoms with E-state index in [0.717, 1.165) is 25.8 Å². The molecule has 0 unspecified atom stereocenters. The molecule has 1 N–H and O–H groups in total. The molecule has 0 radical (unpaired) electrons. The number of carbonyl (C=O) groups excluding carboxylic acids is 2. The van der Waals surface area contributed by atoms with Gasteiger partial charge in [-0.05, 0) is 37.8 Å². The van der Waals surface area contributed by atoms with Crippen molar-refractivity contribution in [1.82, 2.24) is 14.8 Å². The van der Waals surface area contributed by atoms with Crippen molar-refractivity contribution in [3.05, 3.63) is 30.1 Å². The van der Waals surface area contributed by atoms with Gasteiger partial charge in [0.15, 0.2) is 0 Å². The molecule has 2 aliphatic rings. The second kappa shape index (κ2) is 7.30. The largest absolute Gasteiger partial charge is 0.396 e. The molecule has 3 heterocycles. The van der Waals surface area contributed by atoms with Gasteiger partial charge in [-0.1, -0.05) is 0 Å². The van der Waals surface area contributed by atoms with Gasteiger partial charge >= 0.3 is 0 Å². The van der Waals surface area contributed by atoms with Crippen molar-refractivity contribution in [2.45, 2.75) is 32.1 Å². The molecule has 6 nitrogen and oxygen atoms in total. The zero-order valence-corrected chi connectivity index (χ0v) is 14.0. The van der Waals surface area contributed by atoms with E-state index >= 15 is 0 Å². The molecule has 3 rings (SSSR count). The van der Waals surface area contributed by atoms with Gasteiger partial charge in [-0.25, -0.2) is 0 Å². The minimum absolute atomic E-state index is 0.00427. The molecule has 1 spiro atoms. The molecule has 6 heteroatoms. The Bertz CT molecular complexity index is 592. The molecule has 0 saturated carbocycles. The zero-order chi connectivity index (χ0) is 17.0. The van der Waals surface area contributed by atoms with Gasteiger partial charge in [-0.2, -0.15) is 0 Å². The lowest BCUT2D eigenvalue weighted by molar-refractivity contribution is -0.139. The average molecular weight is 331 g/mol. The smallest absolute Gasteiger partial charge is 0.253 e. The highest BCUT2D eigenvalue weighted by atomic mass is 16.3. The van der Waals surface area contributed by atoms with Gasteiger partial charge in [-0.3, -0.25) is 14.6 Å². The molecular formula is C18H25N3O3. The first-order valence-corrected chi connectivity index (χ1v) is 8.71. The molecule has 0 bridgehead atoms. The van der Waals surface area contributed by atoms with Crippen LogP contribution in [0, 0.1) is 5.41 Å². The second-order valence-electron chi connectivity index (χ2n) is 6.96. The van der Waals surface area contributed by atoms with Gasteiger partial charge in [0.1, 0.15) is 0 Å². The van der Waals surface area contributed by atoms with Gasteiger partial charge in [0, 0.05) is 62.6 Å². The standard InChI is InChI=1S/C18H25N3O3/c22-12-2-11-20-13-18(7-3-16(20)23)6-1-10-21(14-18)17(24)15-4-8-19-9-5-15/h4-5,8-9,22H,1-3,6-7,10-14H2/t18-/m1/s1. The van der Waals surface area contributed by atoms with E-state index in [1.165, 1.54) is 0 Å². The Morgan fingerprint density at radius 3 is 2.79 bits per heavy atom. The number of aromatic nitrogens is 1. The van der Waals surface area contributed by atoms with Gasteiger partial charge < -0.3 is 14.9 Å². The number of nitrogens with zero attached hydrogens (tertiary/aromatic N) is 3. The van der Waals surface area contributed by atoms with Gasteiger partial charge in [0.25, 0.3) is 5.91 Å². The number of pyridine rings is 1. The summed E-state index contributed by atoms with van der Waals surface area (Å²) >= 11 is 0. The summed E-state index contributed by atoms with van der Waals surface area (Å²) in [5, 5.41) is 9.03. The van der Waals surface area contributed by atoms with E-state index in [0.29, 0.717) is 38.0 Å². The van der Waals surface area contributed by atoms with Gasteiger partial charge in [0.05, 0.1) is 0 Å². The second-order valence-corrected chi connectivity index (χ2v) is 6.96. The molecule has 2 amide bonds. The summed E-state index contributed by atoms with van der Waals surface area (Å²) < 4.78 is 0. The third-order valence-corrected chi connectivity index (χ3v) is 5.21. The summed E-state index contributed by atoms with van der Waals surface area (Å²) in [5.74, 6) is 0.224. The van der Waals surface area contributed by atoms with Crippen LogP contribution in [0.25, 0.3) is 0 Å². The molecule has 130 valence electrons. The van der Waals surface area contributed by atoms with E-state index in [-0.39, 0.29) is 23.8 Å². The van der Waals surface area contributed by atoms with Crippen LogP contribution < -0.4 is 0 Å². The maximum Gasteiger partial charge on any atom is 0.253 e. The molecular weight excluding hydrogens is 306 g/mol. The summed E-state index contributed by atoms with van der Waals surface area (Å²) in [6.45, 7) is 2.88. The number of aliphatic hydroxyl groups is 1. The van der Waals surface area contributed by atoms with Crippen molar-refractivity contribution in [2.24, 2.45) is 5.41 Å². The van der Waals surface area contributed by atoms with Crippen molar-refractivity contribution in [1.29, 1.82) is 0 Å². The highest BCUT2D eigenvalue weighted by Gasteiger charge is 2.42. The SMILES string of the molecule is O=C1CC[C@]2(CCCN(C(=O)c3ccncc3)C2)CN1CCCO. The predicted octanol–water partition coefficient (Wildman–Crippen LogP) is 1.31. The normalized spacial score (nSPS) is 24.5. The van der Waals surface area contributed by atoms with Crippen LogP contribution in [-0.4, -0.2) is 64.5 Å². The zero-order valence-electron chi connectivity index (χ0n) is 14.0. The lowest BCUT2D eigenvalue weighted by atomic mass is 9.73. The van der Waals surface area contributed by atoms with Crippen LogP contribution in [0.15, 0.2) is 24.5 Å². The van der Waals surface area contributed by atoms with Gasteiger partial charge in [0.2, 0.25) is 5.91 Å². The third kappa shape index (κ3) is 3.59. The Morgan fingerprint density at radius 2 is 2.04 bits per heavy atom. The number of rotatable bonds is 4. The fourth-order valence-corrected chi connectivity index (χ4v) is 3.96. The fourth-order valence-electron chi connectivity index (χ4n) is 3.96. The van der Waals surface area contributed by atoms with Crippen LogP contribution in [0.3, 0.4) is 0 Å². The van der Waals surface area contributed by atoms with Crippen molar-refractivity contribution >= 4 is 11.8 Å². The highest BCUT2D eigenvalue weighted by molar-refractivity contribution is 5.94. The minimum Gasteiger partial charge on any atom is -0.396 e. The number of hydrogen-bond acceptors (Lipinski definition) is 4. The number of carbonyl (C=O) groups is 2. The summed E-state index contributed by atoms with van der Waals surface area (Å²) in [4.78, 5) is 32.6. The first kappa shape index (κ1) is 16.9. The van der Waals surface area contributed by atoms with E-state index in [1.54, 1.807) is 24.5 Å². The molecule has 2 fully saturated rings. The molecule has 1 aromatic rings. The number of hydrogen-bond donors (Lipinski definition) is 1. The van der Waals surface area contributed by atoms with Crippen molar-refractivity contribution in [2.75, 3.05) is 32.8 Å². The number of likely N-dealkylation sites (tertiary alicyclic amines) is 2. The maximum absolute atomic E-state index is 12.7. The highest BCUT2D eigenvalue weighted by Crippen LogP contribution is 2.39. The van der Waals surface area contributed by atoms with Crippen LogP contribution >= 0.6 is 0 Å². The molecule has 0 aliphatic carbocycles. The van der Waals surface area contributed by atoms with Crippen LogP contribution in [0.2, 0.25) is 0 Å². The van der Waals surface area contributed by atoms with E-state index in [9.17, 15) is 9.59 Å². The lowest BCUT2D eigenvalue weighted by Gasteiger charge is -2.48. The Morgan fingerprint density at radius 1 is 1.25 bits per heavy atom. The van der Waals surface area contributed by atoms with E-state index in [2.05, 4.69) is 4.98 Å². The van der Waals surface area contributed by atoms with Crippen molar-refractivity contribution in [3.63, 3.8) is 0 Å². The Labute approximate surface area is 142 Å². The van der Waals surface area contributed by atoms with Crippen LogP contribution in [-0.2, 0) is 4.79 Å². The van der Waals surface area contributed by atoms with Crippen LogP contribution in [0.1, 0.15) is 42.5 Å². The summed E-state index contributed by atoms with van der Waals surface area (Å²) in [5.41, 5.74) is 0.677. The first-order chi connectivity index (χ1) is 11.6. The molecule has 1 atom stereocenters. The molecule has 24 heavy (non-hydrogen) atoms. The summed E-state index contributed by atoms with van der Waals surface area (Å²) in [6, 6.07) is 3.50. The van der Waals surface area contributed by atoms with Crippen molar-refractivity contribution in [3.8, 4) is 0 Å². The fraction of sp³-hybridized carbons (Fsp3) is 0.611. The number of piperidine rings is 2. The number of aliphatic hydroxyl groups excluding tert-OH is 1. The van der Waals surface area contributed by atoms with Crippen molar-refractivity contribution < 1.29 is 14.7 Å². The van der Waals surface area contributed by atoms with Crippen LogP contribution in [0.4, 0.5) is 0 Å². The summed E-state index contributed by atoms with van der Waals surface area (Å²) in [7, 11) is 0. The maximum atomic E-state index is 12.7. The topological polar surface area (TPSA) is 73.7 Å². The number of amides is 2. The predicted molar refractivity (Wildman–Crippen MR) is 89.3 cm³/mol. The van der Waals surface area contributed by atoms with E-state index in [4.69, 9.17) is 5.11 Å². The molecule has 2 saturated heterocycles. The monoisotopic (exact) mass is 331 g/mol. The average Bonchev–Trinajstić information content (AvgIpc) is 2.63.